The molecule has 1 aliphatic rings. The van der Waals surface area contributed by atoms with Gasteiger partial charge in [-0.3, -0.25) is 9.79 Å². The highest BCUT2D eigenvalue weighted by molar-refractivity contribution is 6.00. The molecular formula is C35H48N2O3. The van der Waals surface area contributed by atoms with E-state index in [2.05, 4.69) is 51.1 Å². The summed E-state index contributed by atoms with van der Waals surface area (Å²) in [5.74, 6) is 1.24. The quantitative estimate of drug-likeness (QED) is 0.260. The Hall–Kier alpha value is -3.18. The number of aliphatic hydroxyl groups is 1. The molecule has 0 radical (unpaired) electrons. The van der Waals surface area contributed by atoms with E-state index in [1.54, 1.807) is 7.11 Å². The summed E-state index contributed by atoms with van der Waals surface area (Å²) in [4.78, 5) is 20.3. The number of methoxy groups -OCH3 is 1. The smallest absolute Gasteiger partial charge is 0.258 e. The van der Waals surface area contributed by atoms with Crippen molar-refractivity contribution >= 4 is 12.1 Å². The molecule has 3 rings (SSSR count). The van der Waals surface area contributed by atoms with Crippen molar-refractivity contribution in [2.24, 2.45) is 4.99 Å². The fourth-order valence-electron chi connectivity index (χ4n) is 5.58. The van der Waals surface area contributed by atoms with Crippen LogP contribution in [0.25, 0.3) is 0 Å². The summed E-state index contributed by atoms with van der Waals surface area (Å²) in [6, 6.07) is 14.5. The van der Waals surface area contributed by atoms with Crippen molar-refractivity contribution in [2.45, 2.75) is 98.0 Å². The van der Waals surface area contributed by atoms with Crippen molar-refractivity contribution in [3.8, 4) is 5.75 Å². The van der Waals surface area contributed by atoms with Gasteiger partial charge in [0, 0.05) is 17.8 Å². The Labute approximate surface area is 241 Å². The zero-order chi connectivity index (χ0) is 29.1. The number of hydrogen-bond acceptors (Lipinski definition) is 4. The minimum Gasteiger partial charge on any atom is -0.496 e. The van der Waals surface area contributed by atoms with Gasteiger partial charge in [0.2, 0.25) is 0 Å². The van der Waals surface area contributed by atoms with Gasteiger partial charge in [-0.15, -0.1) is 0 Å². The molecule has 1 N–H and O–H groups in total. The zero-order valence-electron chi connectivity index (χ0n) is 25.4. The molecule has 1 heterocycles. The van der Waals surface area contributed by atoms with Gasteiger partial charge in [0.1, 0.15) is 5.75 Å². The number of carbonyl (C=O) groups is 1. The van der Waals surface area contributed by atoms with E-state index in [0.717, 1.165) is 78.8 Å². The lowest BCUT2D eigenvalue weighted by Crippen LogP contribution is -2.34. The topological polar surface area (TPSA) is 62.1 Å². The van der Waals surface area contributed by atoms with Gasteiger partial charge in [-0.25, -0.2) is 0 Å². The molecule has 0 bridgehead atoms. The maximum absolute atomic E-state index is 13.6. The third kappa shape index (κ3) is 8.17. The average molecular weight is 545 g/mol. The molecule has 0 aliphatic carbocycles. The maximum atomic E-state index is 13.6. The molecule has 5 nitrogen and oxygen atoms in total. The first-order valence-corrected chi connectivity index (χ1v) is 15.0. The van der Waals surface area contributed by atoms with Crippen molar-refractivity contribution in [3.05, 3.63) is 87.8 Å². The molecule has 2 aromatic carbocycles. The van der Waals surface area contributed by atoms with E-state index in [1.165, 1.54) is 11.1 Å². The van der Waals surface area contributed by atoms with Gasteiger partial charge in [-0.2, -0.15) is 0 Å². The average Bonchev–Trinajstić information content (AvgIpc) is 2.96. The summed E-state index contributed by atoms with van der Waals surface area (Å²) in [6.45, 7) is 11.0. The Bertz CT molecular complexity index is 1230. The van der Waals surface area contributed by atoms with Gasteiger partial charge in [0.05, 0.1) is 25.1 Å². The number of amides is 1. The minimum absolute atomic E-state index is 0.0448. The number of carbonyl (C=O) groups excluding carboxylic acids is 1. The molecule has 1 aliphatic heterocycles. The number of nitrogens with zero attached hydrogens (tertiary/aromatic N) is 2. The largest absolute Gasteiger partial charge is 0.496 e. The van der Waals surface area contributed by atoms with Crippen molar-refractivity contribution in [3.63, 3.8) is 0 Å². The Morgan fingerprint density at radius 1 is 1.18 bits per heavy atom. The summed E-state index contributed by atoms with van der Waals surface area (Å²) in [5.41, 5.74) is 7.27. The number of aliphatic hydroxyl groups excluding tert-OH is 1. The predicted molar refractivity (Wildman–Crippen MR) is 166 cm³/mol. The van der Waals surface area contributed by atoms with Crippen LogP contribution in [0.2, 0.25) is 0 Å². The molecule has 1 amide bonds. The maximum Gasteiger partial charge on any atom is 0.258 e. The number of benzene rings is 2. The summed E-state index contributed by atoms with van der Waals surface area (Å²) in [5, 5.41) is 10.0. The van der Waals surface area contributed by atoms with Gasteiger partial charge >= 0.3 is 0 Å². The van der Waals surface area contributed by atoms with E-state index in [9.17, 15) is 9.90 Å². The van der Waals surface area contributed by atoms with Crippen LogP contribution < -0.4 is 4.74 Å². The van der Waals surface area contributed by atoms with Crippen LogP contribution in [-0.2, 0) is 12.8 Å². The molecule has 2 unspecified atom stereocenters. The highest BCUT2D eigenvalue weighted by atomic mass is 16.5. The van der Waals surface area contributed by atoms with Crippen LogP contribution in [-0.4, -0.2) is 41.9 Å². The molecule has 0 fully saturated rings. The van der Waals surface area contributed by atoms with E-state index in [-0.39, 0.29) is 12.0 Å². The zero-order valence-corrected chi connectivity index (χ0v) is 25.4. The first-order chi connectivity index (χ1) is 19.3. The van der Waals surface area contributed by atoms with E-state index >= 15 is 0 Å². The van der Waals surface area contributed by atoms with Crippen LogP contribution in [0.1, 0.15) is 106 Å². The fraction of sp³-hybridized carbons (Fsp3) is 0.486. The molecule has 2 atom stereocenters. The van der Waals surface area contributed by atoms with Crippen LogP contribution >= 0.6 is 0 Å². The Morgan fingerprint density at radius 2 is 1.95 bits per heavy atom. The van der Waals surface area contributed by atoms with Crippen molar-refractivity contribution in [1.29, 1.82) is 0 Å². The second-order valence-corrected chi connectivity index (χ2v) is 10.9. The third-order valence-electron chi connectivity index (χ3n) is 7.95. The number of allylic oxidation sites excluding steroid dienone is 4. The second kappa shape index (κ2) is 15.6. The molecule has 0 aromatic heterocycles. The van der Waals surface area contributed by atoms with E-state index in [4.69, 9.17) is 9.73 Å². The predicted octanol–water partition coefficient (Wildman–Crippen LogP) is 8.03. The van der Waals surface area contributed by atoms with Crippen LogP contribution in [0, 0.1) is 0 Å². The Kier molecular flexibility index (Phi) is 12.2. The monoisotopic (exact) mass is 544 g/mol. The normalized spacial score (nSPS) is 17.2. The van der Waals surface area contributed by atoms with Gasteiger partial charge in [-0.05, 0) is 106 Å². The SMILES string of the molecule is CCCC(O)CCCc1ccc(CC=C(C)N=CC2=C(C)CC(CC)c3ccccc3C(=O)N2CC)c(OC)c1. The molecule has 2 aromatic rings. The van der Waals surface area contributed by atoms with Crippen molar-refractivity contribution in [2.75, 3.05) is 13.7 Å². The number of fused-ring (bicyclic) bond motifs is 1. The lowest BCUT2D eigenvalue weighted by atomic mass is 9.84. The number of aliphatic imine (C=N–C) groups is 1. The molecule has 216 valence electrons. The fourth-order valence-corrected chi connectivity index (χ4v) is 5.58. The molecule has 0 saturated heterocycles. The molecule has 0 saturated carbocycles. The Morgan fingerprint density at radius 3 is 2.65 bits per heavy atom. The van der Waals surface area contributed by atoms with Crippen molar-refractivity contribution in [1.82, 2.24) is 4.90 Å². The van der Waals surface area contributed by atoms with E-state index < -0.39 is 0 Å². The summed E-state index contributed by atoms with van der Waals surface area (Å²) < 4.78 is 5.70. The molecule has 40 heavy (non-hydrogen) atoms. The Balaban J connectivity index is 1.74. The van der Waals surface area contributed by atoms with E-state index in [1.807, 2.05) is 43.2 Å². The molecule has 5 heteroatoms. The van der Waals surface area contributed by atoms with Gasteiger partial charge in [0.15, 0.2) is 0 Å². The lowest BCUT2D eigenvalue weighted by Gasteiger charge is -2.30. The summed E-state index contributed by atoms with van der Waals surface area (Å²) >= 11 is 0. The number of aryl methyl sites for hydroxylation is 1. The number of rotatable bonds is 13. The van der Waals surface area contributed by atoms with Gasteiger partial charge in [-0.1, -0.05) is 56.7 Å². The summed E-state index contributed by atoms with van der Waals surface area (Å²) in [6.07, 6.45) is 11.0. The van der Waals surface area contributed by atoms with Gasteiger partial charge < -0.3 is 14.7 Å². The van der Waals surface area contributed by atoms with Crippen molar-refractivity contribution < 1.29 is 14.6 Å². The van der Waals surface area contributed by atoms with Crippen LogP contribution in [0.3, 0.4) is 0 Å². The van der Waals surface area contributed by atoms with E-state index in [0.29, 0.717) is 18.9 Å². The third-order valence-corrected chi connectivity index (χ3v) is 7.95. The van der Waals surface area contributed by atoms with Crippen LogP contribution in [0.5, 0.6) is 5.75 Å². The number of ether oxygens (including phenoxy) is 1. The first kappa shape index (κ1) is 31.3. The van der Waals surface area contributed by atoms with Crippen LogP contribution in [0.4, 0.5) is 0 Å². The minimum atomic E-state index is -0.201. The number of hydrogen-bond donors (Lipinski definition) is 1. The standard InChI is InChI=1S/C35H48N2O3/c1-7-13-30(38)15-12-14-27-19-21-29(34(23-27)40-6)20-18-26(5)36-24-33-25(4)22-28(8-2)31-16-10-11-17-32(31)35(39)37(33)9-3/h10-11,16-19,21,23-24,28,30,38H,7-9,12-15,20,22H2,1-6H3. The van der Waals surface area contributed by atoms with Gasteiger partial charge in [0.25, 0.3) is 5.91 Å². The second-order valence-electron chi connectivity index (χ2n) is 10.9. The van der Waals surface area contributed by atoms with Crippen LogP contribution in [0.15, 0.2) is 70.5 Å². The molecular weight excluding hydrogens is 496 g/mol. The highest BCUT2D eigenvalue weighted by Crippen LogP contribution is 2.34. The lowest BCUT2D eigenvalue weighted by molar-refractivity contribution is 0.0815. The molecule has 0 spiro atoms. The first-order valence-electron chi connectivity index (χ1n) is 15.0. The summed E-state index contributed by atoms with van der Waals surface area (Å²) in [7, 11) is 1.71. The highest BCUT2D eigenvalue weighted by Gasteiger charge is 2.27.